The summed E-state index contributed by atoms with van der Waals surface area (Å²) in [7, 11) is 0. The first-order valence-electron chi connectivity index (χ1n) is 6.34. The molecule has 0 saturated carbocycles. The number of carbonyl (C=O) groups is 1. The number of carbonyl (C=O) groups excluding carboxylic acids is 1. The molecule has 0 aliphatic heterocycles. The summed E-state index contributed by atoms with van der Waals surface area (Å²) in [5.74, 6) is -0.589. The highest BCUT2D eigenvalue weighted by Gasteiger charge is 2.18. The number of aryl methyl sites for hydroxylation is 1. The van der Waals surface area contributed by atoms with E-state index in [1.165, 1.54) is 6.92 Å². The van der Waals surface area contributed by atoms with Gasteiger partial charge in [0.1, 0.15) is 0 Å². The quantitative estimate of drug-likeness (QED) is 0.625. The molecule has 1 amide bonds. The molecule has 0 saturated heterocycles. The number of nitrogens with zero attached hydrogens (tertiary/aromatic N) is 1. The second kappa shape index (κ2) is 7.67. The van der Waals surface area contributed by atoms with E-state index < -0.39 is 36.7 Å². The number of halogens is 2. The lowest BCUT2D eigenvalue weighted by Gasteiger charge is -2.21. The molecule has 0 radical (unpaired) electrons. The maximum Gasteiger partial charge on any atom is 0.325 e. The van der Waals surface area contributed by atoms with E-state index in [1.54, 1.807) is 0 Å². The lowest BCUT2D eigenvalue weighted by molar-refractivity contribution is -0.133. The molecule has 0 spiro atoms. The van der Waals surface area contributed by atoms with Crippen LogP contribution in [0.4, 0.5) is 8.78 Å². The third-order valence-electron chi connectivity index (χ3n) is 2.92. The number of aliphatic hydroxyl groups is 1. The summed E-state index contributed by atoms with van der Waals surface area (Å²) in [6.07, 6.45) is -2.84. The van der Waals surface area contributed by atoms with Crippen molar-refractivity contribution in [3.63, 3.8) is 0 Å². The highest BCUT2D eigenvalue weighted by atomic mass is 19.3. The van der Waals surface area contributed by atoms with Gasteiger partial charge in [-0.15, -0.1) is 0 Å². The first kappa shape index (κ1) is 17.0. The van der Waals surface area contributed by atoms with Gasteiger partial charge in [0.25, 0.3) is 12.0 Å². The van der Waals surface area contributed by atoms with Crippen LogP contribution in [0.15, 0.2) is 9.59 Å². The van der Waals surface area contributed by atoms with Gasteiger partial charge in [-0.25, -0.2) is 13.6 Å². The van der Waals surface area contributed by atoms with Gasteiger partial charge in [-0.2, -0.15) is 0 Å². The average molecular weight is 305 g/mol. The van der Waals surface area contributed by atoms with Crippen molar-refractivity contribution in [3.8, 4) is 0 Å². The Labute approximate surface area is 118 Å². The summed E-state index contributed by atoms with van der Waals surface area (Å²) in [6.45, 7) is 0.141. The monoisotopic (exact) mass is 305 g/mol. The second-order valence-electron chi connectivity index (χ2n) is 4.47. The van der Waals surface area contributed by atoms with Crippen LogP contribution in [0.5, 0.6) is 0 Å². The molecule has 0 atom stereocenters. The highest BCUT2D eigenvalue weighted by molar-refractivity contribution is 5.76. The van der Waals surface area contributed by atoms with E-state index in [1.807, 2.05) is 4.98 Å². The molecule has 0 aliphatic rings. The molecule has 0 aliphatic carbocycles. The van der Waals surface area contributed by atoms with Gasteiger partial charge in [0, 0.05) is 24.2 Å². The molecular weight excluding hydrogens is 288 g/mol. The van der Waals surface area contributed by atoms with Crippen LogP contribution in [-0.2, 0) is 11.2 Å². The van der Waals surface area contributed by atoms with Gasteiger partial charge in [-0.3, -0.25) is 14.6 Å². The Morgan fingerprint density at radius 3 is 2.52 bits per heavy atom. The zero-order chi connectivity index (χ0) is 16.0. The molecule has 7 nitrogen and oxygen atoms in total. The maximum absolute atomic E-state index is 12.3. The Morgan fingerprint density at radius 2 is 2.00 bits per heavy atom. The summed E-state index contributed by atoms with van der Waals surface area (Å²) in [6, 6.07) is 0. The second-order valence-corrected chi connectivity index (χ2v) is 4.47. The minimum Gasteiger partial charge on any atom is -0.395 e. The van der Waals surface area contributed by atoms with Crippen LogP contribution < -0.4 is 11.2 Å². The van der Waals surface area contributed by atoms with Crippen LogP contribution in [0.2, 0.25) is 0 Å². The lowest BCUT2D eigenvalue weighted by atomic mass is 10.1. The molecule has 118 valence electrons. The highest BCUT2D eigenvalue weighted by Crippen LogP contribution is 2.05. The van der Waals surface area contributed by atoms with E-state index in [0.717, 1.165) is 4.90 Å². The summed E-state index contributed by atoms with van der Waals surface area (Å²) < 4.78 is 24.7. The molecule has 0 aromatic carbocycles. The fraction of sp³-hybridized carbons (Fsp3) is 0.583. The van der Waals surface area contributed by atoms with Crippen LogP contribution in [0.1, 0.15) is 17.7 Å². The van der Waals surface area contributed by atoms with Crippen molar-refractivity contribution in [1.82, 2.24) is 14.9 Å². The molecule has 3 N–H and O–H groups in total. The first-order valence-corrected chi connectivity index (χ1v) is 6.34. The Hall–Kier alpha value is -2.03. The Kier molecular flexibility index (Phi) is 6.22. The van der Waals surface area contributed by atoms with Gasteiger partial charge in [-0.1, -0.05) is 0 Å². The predicted molar refractivity (Wildman–Crippen MR) is 70.4 cm³/mol. The van der Waals surface area contributed by atoms with Crippen LogP contribution in [0, 0.1) is 6.92 Å². The number of nitrogens with one attached hydrogen (secondary N) is 2. The van der Waals surface area contributed by atoms with Gasteiger partial charge in [0.2, 0.25) is 5.91 Å². The van der Waals surface area contributed by atoms with Gasteiger partial charge in [0.05, 0.1) is 13.2 Å². The van der Waals surface area contributed by atoms with Crippen molar-refractivity contribution in [2.75, 3.05) is 19.7 Å². The molecule has 21 heavy (non-hydrogen) atoms. The van der Waals surface area contributed by atoms with Crippen molar-refractivity contribution in [2.24, 2.45) is 0 Å². The van der Waals surface area contributed by atoms with Crippen LogP contribution in [0.3, 0.4) is 0 Å². The minimum absolute atomic E-state index is 0.0158. The maximum atomic E-state index is 12.3. The van der Waals surface area contributed by atoms with Crippen molar-refractivity contribution < 1.29 is 18.7 Å². The molecular formula is C12H17F2N3O4. The smallest absolute Gasteiger partial charge is 0.325 e. The number of H-pyrrole nitrogens is 2. The Bertz CT molecular complexity index is 597. The number of aromatic amines is 2. The number of hydrogen-bond acceptors (Lipinski definition) is 4. The SMILES string of the molecule is Cc1[nH]c(=O)[nH]c(=O)c1CCC(=O)N(CCO)CC(F)F. The minimum atomic E-state index is -2.70. The molecule has 1 heterocycles. The fourth-order valence-corrected chi connectivity index (χ4v) is 1.92. The number of rotatable bonds is 7. The van der Waals surface area contributed by atoms with E-state index in [9.17, 15) is 23.2 Å². The van der Waals surface area contributed by atoms with Crippen LogP contribution >= 0.6 is 0 Å². The Balaban J connectivity index is 2.75. The largest absolute Gasteiger partial charge is 0.395 e. The van der Waals surface area contributed by atoms with Crippen molar-refractivity contribution in [3.05, 3.63) is 32.1 Å². The summed E-state index contributed by atoms with van der Waals surface area (Å²) in [5.41, 5.74) is -0.693. The Morgan fingerprint density at radius 1 is 1.33 bits per heavy atom. The molecule has 9 heteroatoms. The van der Waals surface area contributed by atoms with E-state index in [0.29, 0.717) is 5.69 Å². The fourth-order valence-electron chi connectivity index (χ4n) is 1.92. The molecule has 1 rings (SSSR count). The van der Waals surface area contributed by atoms with E-state index in [2.05, 4.69) is 4.98 Å². The zero-order valence-corrected chi connectivity index (χ0v) is 11.5. The third kappa shape index (κ3) is 5.10. The normalized spacial score (nSPS) is 10.9. The number of aliphatic hydroxyl groups excluding tert-OH is 1. The summed E-state index contributed by atoms with van der Waals surface area (Å²) in [5, 5.41) is 8.77. The predicted octanol–water partition coefficient (Wildman–Crippen LogP) is -0.610. The van der Waals surface area contributed by atoms with Gasteiger partial charge in [-0.05, 0) is 13.3 Å². The number of hydrogen-bond donors (Lipinski definition) is 3. The van der Waals surface area contributed by atoms with Crippen molar-refractivity contribution >= 4 is 5.91 Å². The summed E-state index contributed by atoms with van der Waals surface area (Å²) >= 11 is 0. The van der Waals surface area contributed by atoms with Gasteiger partial charge < -0.3 is 15.0 Å². The van der Waals surface area contributed by atoms with E-state index >= 15 is 0 Å². The van der Waals surface area contributed by atoms with Gasteiger partial charge >= 0.3 is 5.69 Å². The van der Waals surface area contributed by atoms with Gasteiger partial charge in [0.15, 0.2) is 0 Å². The molecule has 0 unspecified atom stereocenters. The molecule has 0 bridgehead atoms. The topological polar surface area (TPSA) is 106 Å². The van der Waals surface area contributed by atoms with E-state index in [-0.39, 0.29) is 24.9 Å². The molecule has 1 aromatic heterocycles. The van der Waals surface area contributed by atoms with Crippen molar-refractivity contribution in [1.29, 1.82) is 0 Å². The third-order valence-corrected chi connectivity index (χ3v) is 2.92. The van der Waals surface area contributed by atoms with Crippen LogP contribution in [-0.4, -0.2) is 52.0 Å². The number of alkyl halides is 2. The molecule has 1 aromatic rings. The number of aromatic nitrogens is 2. The van der Waals surface area contributed by atoms with Crippen LogP contribution in [0.25, 0.3) is 0 Å². The standard InChI is InChI=1S/C12H17F2N3O4/c1-7-8(11(20)16-12(21)15-7)2-3-10(19)17(4-5-18)6-9(13)14/h9,18H,2-6H2,1H3,(H2,15,16,20,21). The summed E-state index contributed by atoms with van der Waals surface area (Å²) in [4.78, 5) is 39.7. The van der Waals surface area contributed by atoms with Crippen molar-refractivity contribution in [2.45, 2.75) is 26.2 Å². The average Bonchev–Trinajstić information content (AvgIpc) is 2.36. The lowest BCUT2D eigenvalue weighted by Crippen LogP contribution is -2.37. The van der Waals surface area contributed by atoms with E-state index in [4.69, 9.17) is 5.11 Å². The number of amides is 1. The zero-order valence-electron chi connectivity index (χ0n) is 11.5. The molecule has 0 fully saturated rings. The first-order chi connectivity index (χ1) is 9.85.